The number of amidine groups is 1. The van der Waals surface area contributed by atoms with Crippen LogP contribution in [0.1, 0.15) is 45.0 Å². The lowest BCUT2D eigenvalue weighted by Crippen LogP contribution is -2.23. The number of nitrogens with two attached hydrogens (primary N) is 2. The third-order valence-electron chi connectivity index (χ3n) is 5.55. The summed E-state index contributed by atoms with van der Waals surface area (Å²) in [5.41, 5.74) is 16.0. The summed E-state index contributed by atoms with van der Waals surface area (Å²) < 4.78 is 2.15. The molecule has 2 heterocycles. The van der Waals surface area contributed by atoms with Crippen molar-refractivity contribution >= 4 is 28.7 Å². The fraction of sp³-hybridized carbons (Fsp3) is 0.269. The van der Waals surface area contributed by atoms with E-state index in [2.05, 4.69) is 40.3 Å². The van der Waals surface area contributed by atoms with E-state index >= 15 is 0 Å². The molecule has 0 aliphatic carbocycles. The van der Waals surface area contributed by atoms with Gasteiger partial charge in [-0.15, -0.1) is 0 Å². The highest BCUT2D eigenvalue weighted by Crippen LogP contribution is 2.34. The molecule has 0 atom stereocenters. The largest absolute Gasteiger partial charge is 0.387 e. The van der Waals surface area contributed by atoms with Gasteiger partial charge in [-0.2, -0.15) is 4.99 Å². The normalized spacial score (nSPS) is 12.5. The van der Waals surface area contributed by atoms with Crippen molar-refractivity contribution in [3.05, 3.63) is 60.4 Å². The van der Waals surface area contributed by atoms with E-state index in [1.165, 1.54) is 0 Å². The molecule has 0 radical (unpaired) electrons. The maximum atomic E-state index is 13.1. The minimum absolute atomic E-state index is 0.0222. The van der Waals surface area contributed by atoms with Gasteiger partial charge in [0.25, 0.3) is 5.91 Å². The first-order valence-electron chi connectivity index (χ1n) is 11.1. The Morgan fingerprint density at radius 2 is 1.71 bits per heavy atom. The Hall–Kier alpha value is -4.07. The molecule has 4 N–H and O–H groups in total. The van der Waals surface area contributed by atoms with Gasteiger partial charge in [0.2, 0.25) is 5.95 Å². The molecule has 0 aliphatic rings. The summed E-state index contributed by atoms with van der Waals surface area (Å²) in [5.74, 6) is 0.821. The number of fused-ring (bicyclic) bond motifs is 1. The van der Waals surface area contributed by atoms with Crippen LogP contribution in [0.5, 0.6) is 0 Å². The quantitative estimate of drug-likeness (QED) is 0.341. The van der Waals surface area contributed by atoms with Crippen LogP contribution in [0.2, 0.25) is 0 Å². The second-order valence-electron chi connectivity index (χ2n) is 9.52. The standard InChI is InChI=1S/C26H29N7O/c1-15(2)22(27)32-24(34)19-9-7-6-8-18(19)23-31-20-12-16(17-13-29-25(28)30-14-17)10-11-21(20)33(23)26(3,4)5/h6-15H,1-5H3,(H2,27,32,34)(H2,28,29,30). The smallest absolute Gasteiger partial charge is 0.279 e. The molecule has 34 heavy (non-hydrogen) atoms. The SMILES string of the molecule is CC(C)C(N)=NC(=O)c1ccccc1-c1nc2cc(-c3cnc(N)nc3)ccc2n1C(C)(C)C. The molecule has 8 nitrogen and oxygen atoms in total. The number of imidazole rings is 1. The fourth-order valence-corrected chi connectivity index (χ4v) is 3.78. The lowest BCUT2D eigenvalue weighted by molar-refractivity contribution is 0.100. The number of aliphatic imine (C=N–C) groups is 1. The van der Waals surface area contributed by atoms with Gasteiger partial charge in [-0.05, 0) is 44.5 Å². The number of nitrogens with zero attached hydrogens (tertiary/aromatic N) is 5. The highest BCUT2D eigenvalue weighted by atomic mass is 16.1. The molecule has 8 heteroatoms. The number of nitrogen functional groups attached to an aromatic ring is 1. The summed E-state index contributed by atoms with van der Waals surface area (Å²) >= 11 is 0. The Bertz CT molecular complexity index is 1390. The number of hydrogen-bond acceptors (Lipinski definition) is 5. The summed E-state index contributed by atoms with van der Waals surface area (Å²) in [6.45, 7) is 10.1. The van der Waals surface area contributed by atoms with E-state index in [9.17, 15) is 4.79 Å². The van der Waals surface area contributed by atoms with Gasteiger partial charge in [0.05, 0.1) is 16.6 Å². The topological polar surface area (TPSA) is 125 Å². The number of amides is 1. The van der Waals surface area contributed by atoms with E-state index < -0.39 is 0 Å². The molecule has 4 aromatic rings. The second-order valence-corrected chi connectivity index (χ2v) is 9.52. The van der Waals surface area contributed by atoms with Crippen LogP contribution >= 0.6 is 0 Å². The van der Waals surface area contributed by atoms with Crippen molar-refractivity contribution in [3.63, 3.8) is 0 Å². The Morgan fingerprint density at radius 3 is 2.35 bits per heavy atom. The van der Waals surface area contributed by atoms with Gasteiger partial charge >= 0.3 is 0 Å². The van der Waals surface area contributed by atoms with Crippen molar-refractivity contribution < 1.29 is 4.79 Å². The Balaban J connectivity index is 1.92. The fourth-order valence-electron chi connectivity index (χ4n) is 3.78. The number of anilines is 1. The molecule has 0 bridgehead atoms. The average Bonchev–Trinajstić information content (AvgIpc) is 3.18. The van der Waals surface area contributed by atoms with Crippen molar-refractivity contribution in [2.75, 3.05) is 5.73 Å². The van der Waals surface area contributed by atoms with E-state index in [-0.39, 0.29) is 23.3 Å². The minimum Gasteiger partial charge on any atom is -0.387 e. The van der Waals surface area contributed by atoms with Gasteiger partial charge in [-0.3, -0.25) is 4.79 Å². The Kier molecular flexibility index (Phi) is 5.91. The number of carbonyl (C=O) groups is 1. The van der Waals surface area contributed by atoms with Crippen LogP contribution in [-0.2, 0) is 5.54 Å². The zero-order valence-electron chi connectivity index (χ0n) is 20.1. The van der Waals surface area contributed by atoms with Gasteiger partial charge in [-0.1, -0.05) is 38.1 Å². The first-order chi connectivity index (χ1) is 16.1. The molecule has 0 saturated heterocycles. The molecule has 0 fully saturated rings. The van der Waals surface area contributed by atoms with Gasteiger partial charge in [0.15, 0.2) is 0 Å². The lowest BCUT2D eigenvalue weighted by Gasteiger charge is -2.25. The first-order valence-corrected chi connectivity index (χ1v) is 11.1. The minimum atomic E-state index is -0.381. The van der Waals surface area contributed by atoms with Crippen LogP contribution in [0.15, 0.2) is 59.9 Å². The van der Waals surface area contributed by atoms with Crippen LogP contribution in [0.3, 0.4) is 0 Å². The number of hydrogen-bond donors (Lipinski definition) is 2. The van der Waals surface area contributed by atoms with E-state index in [1.807, 2.05) is 50.2 Å². The highest BCUT2D eigenvalue weighted by molar-refractivity contribution is 6.07. The molecule has 4 rings (SSSR count). The van der Waals surface area contributed by atoms with E-state index in [0.717, 1.165) is 22.2 Å². The maximum absolute atomic E-state index is 13.1. The van der Waals surface area contributed by atoms with Gasteiger partial charge in [0, 0.05) is 35.0 Å². The molecular formula is C26H29N7O. The van der Waals surface area contributed by atoms with Crippen LogP contribution in [0, 0.1) is 5.92 Å². The molecule has 0 aliphatic heterocycles. The second kappa shape index (κ2) is 8.70. The molecular weight excluding hydrogens is 426 g/mol. The first kappa shape index (κ1) is 23.1. The number of carbonyl (C=O) groups excluding carboxylic acids is 1. The molecule has 1 amide bonds. The summed E-state index contributed by atoms with van der Waals surface area (Å²) in [6, 6.07) is 13.4. The highest BCUT2D eigenvalue weighted by Gasteiger charge is 2.25. The predicted octanol–water partition coefficient (Wildman–Crippen LogP) is 4.65. The zero-order valence-corrected chi connectivity index (χ0v) is 20.1. The third kappa shape index (κ3) is 4.39. The number of benzene rings is 2. The Morgan fingerprint density at radius 1 is 1.03 bits per heavy atom. The average molecular weight is 456 g/mol. The Labute approximate surface area is 198 Å². The van der Waals surface area contributed by atoms with Crippen molar-refractivity contribution in [3.8, 4) is 22.5 Å². The van der Waals surface area contributed by atoms with E-state index in [1.54, 1.807) is 18.5 Å². The van der Waals surface area contributed by atoms with Crippen LogP contribution in [0.4, 0.5) is 5.95 Å². The number of rotatable bonds is 4. The molecule has 2 aromatic heterocycles. The third-order valence-corrected chi connectivity index (χ3v) is 5.55. The van der Waals surface area contributed by atoms with Gasteiger partial charge in [0.1, 0.15) is 11.7 Å². The molecule has 0 spiro atoms. The molecule has 0 saturated carbocycles. The van der Waals surface area contributed by atoms with Crippen LogP contribution < -0.4 is 11.5 Å². The van der Waals surface area contributed by atoms with Crippen molar-refractivity contribution in [1.82, 2.24) is 19.5 Å². The molecule has 2 aromatic carbocycles. The van der Waals surface area contributed by atoms with E-state index in [4.69, 9.17) is 16.5 Å². The van der Waals surface area contributed by atoms with Crippen LogP contribution in [-0.4, -0.2) is 31.3 Å². The van der Waals surface area contributed by atoms with Crippen molar-refractivity contribution in [1.29, 1.82) is 0 Å². The molecule has 174 valence electrons. The number of aromatic nitrogens is 4. The van der Waals surface area contributed by atoms with Gasteiger partial charge in [-0.25, -0.2) is 15.0 Å². The zero-order chi connectivity index (χ0) is 24.6. The summed E-state index contributed by atoms with van der Waals surface area (Å²) in [7, 11) is 0. The maximum Gasteiger partial charge on any atom is 0.279 e. The summed E-state index contributed by atoms with van der Waals surface area (Å²) in [6.07, 6.45) is 3.38. The monoisotopic (exact) mass is 455 g/mol. The molecule has 0 unspecified atom stereocenters. The van der Waals surface area contributed by atoms with Crippen molar-refractivity contribution in [2.45, 2.75) is 40.2 Å². The van der Waals surface area contributed by atoms with Crippen molar-refractivity contribution in [2.24, 2.45) is 16.6 Å². The summed E-state index contributed by atoms with van der Waals surface area (Å²) in [4.78, 5) is 30.4. The van der Waals surface area contributed by atoms with Gasteiger partial charge < -0.3 is 16.0 Å². The summed E-state index contributed by atoms with van der Waals surface area (Å²) in [5, 5.41) is 0. The van der Waals surface area contributed by atoms with Crippen LogP contribution in [0.25, 0.3) is 33.5 Å². The predicted molar refractivity (Wildman–Crippen MR) is 136 cm³/mol. The lowest BCUT2D eigenvalue weighted by atomic mass is 10.0. The van der Waals surface area contributed by atoms with E-state index in [0.29, 0.717) is 22.8 Å².